The highest BCUT2D eigenvalue weighted by molar-refractivity contribution is 7.10. The van der Waals surface area contributed by atoms with Gasteiger partial charge in [0.15, 0.2) is 5.78 Å². The average Bonchev–Trinajstić information content (AvgIpc) is 3.18. The number of rotatable bonds is 4. The van der Waals surface area contributed by atoms with E-state index in [0.717, 1.165) is 10.6 Å². The summed E-state index contributed by atoms with van der Waals surface area (Å²) in [6.07, 6.45) is 6.52. The van der Waals surface area contributed by atoms with E-state index in [1.807, 2.05) is 35.7 Å². The summed E-state index contributed by atoms with van der Waals surface area (Å²) in [5.41, 5.74) is 1.53. The molecule has 3 aromatic rings. The zero-order chi connectivity index (χ0) is 13.8. The van der Waals surface area contributed by atoms with Gasteiger partial charge in [-0.2, -0.15) is 5.10 Å². The molecule has 0 aliphatic heterocycles. The Kier molecular flexibility index (Phi) is 3.52. The molecule has 0 fully saturated rings. The van der Waals surface area contributed by atoms with Crippen molar-refractivity contribution in [2.24, 2.45) is 0 Å². The average molecular weight is 281 g/mol. The molecule has 98 valence electrons. The van der Waals surface area contributed by atoms with Crippen LogP contribution in [0.25, 0.3) is 11.8 Å². The van der Waals surface area contributed by atoms with Gasteiger partial charge in [-0.1, -0.05) is 6.07 Å². The molecule has 5 heteroatoms. The van der Waals surface area contributed by atoms with Gasteiger partial charge >= 0.3 is 0 Å². The fourth-order valence-electron chi connectivity index (χ4n) is 1.76. The molecule has 0 saturated heterocycles. The molecule has 2 heterocycles. The highest BCUT2D eigenvalue weighted by Crippen LogP contribution is 2.13. The SMILES string of the molecule is O=C(/C=C/c1cccs1)c1ccc(-n2cncn2)cc1. The minimum atomic E-state index is -0.0106. The highest BCUT2D eigenvalue weighted by atomic mass is 32.1. The van der Waals surface area contributed by atoms with Gasteiger partial charge < -0.3 is 0 Å². The van der Waals surface area contributed by atoms with Crippen molar-refractivity contribution in [3.63, 3.8) is 0 Å². The Balaban J connectivity index is 1.76. The Hall–Kier alpha value is -2.53. The first-order chi connectivity index (χ1) is 9.83. The summed E-state index contributed by atoms with van der Waals surface area (Å²) in [6.45, 7) is 0. The number of benzene rings is 1. The van der Waals surface area contributed by atoms with Gasteiger partial charge in [0, 0.05) is 10.4 Å². The van der Waals surface area contributed by atoms with E-state index in [2.05, 4.69) is 10.1 Å². The Morgan fingerprint density at radius 3 is 2.70 bits per heavy atom. The lowest BCUT2D eigenvalue weighted by molar-refractivity contribution is 0.104. The predicted octanol–water partition coefficient (Wildman–Crippen LogP) is 3.22. The molecule has 0 aliphatic carbocycles. The van der Waals surface area contributed by atoms with Crippen LogP contribution < -0.4 is 0 Å². The summed E-state index contributed by atoms with van der Waals surface area (Å²) in [5.74, 6) is -0.0106. The smallest absolute Gasteiger partial charge is 0.185 e. The molecule has 0 unspecified atom stereocenters. The van der Waals surface area contributed by atoms with Gasteiger partial charge in [-0.15, -0.1) is 11.3 Å². The second-order valence-corrected chi connectivity index (χ2v) is 5.08. The fourth-order valence-corrected chi connectivity index (χ4v) is 2.38. The minimum absolute atomic E-state index is 0.0106. The first-order valence-corrected chi connectivity index (χ1v) is 6.92. The number of allylic oxidation sites excluding steroid dienone is 1. The molecular weight excluding hydrogens is 270 g/mol. The lowest BCUT2D eigenvalue weighted by Crippen LogP contribution is -1.97. The Labute approximate surface area is 120 Å². The lowest BCUT2D eigenvalue weighted by Gasteiger charge is -2.01. The maximum Gasteiger partial charge on any atom is 0.185 e. The van der Waals surface area contributed by atoms with E-state index in [-0.39, 0.29) is 5.78 Å². The summed E-state index contributed by atoms with van der Waals surface area (Å²) in [4.78, 5) is 17.0. The number of hydrogen-bond acceptors (Lipinski definition) is 4. The molecule has 0 spiro atoms. The summed E-state index contributed by atoms with van der Waals surface area (Å²) >= 11 is 1.60. The number of carbonyl (C=O) groups is 1. The Morgan fingerprint density at radius 2 is 2.05 bits per heavy atom. The maximum absolute atomic E-state index is 12.0. The molecule has 0 atom stereocenters. The quantitative estimate of drug-likeness (QED) is 0.545. The van der Waals surface area contributed by atoms with Crippen LogP contribution in [-0.4, -0.2) is 20.5 Å². The molecule has 0 bridgehead atoms. The van der Waals surface area contributed by atoms with Crippen molar-refractivity contribution in [2.75, 3.05) is 0 Å². The Bertz CT molecular complexity index is 713. The van der Waals surface area contributed by atoms with Gasteiger partial charge in [0.25, 0.3) is 0 Å². The number of ketones is 1. The molecule has 0 saturated carbocycles. The van der Waals surface area contributed by atoms with Gasteiger partial charge in [0.1, 0.15) is 12.7 Å². The second kappa shape index (κ2) is 5.63. The van der Waals surface area contributed by atoms with Crippen LogP contribution in [0.5, 0.6) is 0 Å². The van der Waals surface area contributed by atoms with Gasteiger partial charge in [0.05, 0.1) is 5.69 Å². The van der Waals surface area contributed by atoms with Crippen LogP contribution in [0, 0.1) is 0 Å². The van der Waals surface area contributed by atoms with E-state index in [4.69, 9.17) is 0 Å². The van der Waals surface area contributed by atoms with Gasteiger partial charge in [-0.25, -0.2) is 9.67 Å². The third-order valence-corrected chi connectivity index (χ3v) is 3.61. The largest absolute Gasteiger partial charge is 0.289 e. The molecule has 2 aromatic heterocycles. The molecular formula is C15H11N3OS. The molecule has 0 amide bonds. The Morgan fingerprint density at radius 1 is 1.20 bits per heavy atom. The monoisotopic (exact) mass is 281 g/mol. The first kappa shape index (κ1) is 12.5. The van der Waals surface area contributed by atoms with Crippen molar-refractivity contribution < 1.29 is 4.79 Å². The van der Waals surface area contributed by atoms with Crippen molar-refractivity contribution >= 4 is 23.2 Å². The van der Waals surface area contributed by atoms with Crippen molar-refractivity contribution in [3.05, 3.63) is 70.9 Å². The van der Waals surface area contributed by atoms with E-state index in [0.29, 0.717) is 5.56 Å². The highest BCUT2D eigenvalue weighted by Gasteiger charge is 2.03. The van der Waals surface area contributed by atoms with E-state index in [1.54, 1.807) is 40.6 Å². The summed E-state index contributed by atoms with van der Waals surface area (Å²) in [7, 11) is 0. The molecule has 4 nitrogen and oxygen atoms in total. The van der Waals surface area contributed by atoms with E-state index in [1.165, 1.54) is 6.33 Å². The number of carbonyl (C=O) groups excluding carboxylic acids is 1. The molecule has 3 rings (SSSR count). The zero-order valence-corrected chi connectivity index (χ0v) is 11.3. The third kappa shape index (κ3) is 2.73. The van der Waals surface area contributed by atoms with Crippen LogP contribution in [0.4, 0.5) is 0 Å². The fraction of sp³-hybridized carbons (Fsp3) is 0. The minimum Gasteiger partial charge on any atom is -0.289 e. The summed E-state index contributed by atoms with van der Waals surface area (Å²) < 4.78 is 1.65. The second-order valence-electron chi connectivity index (χ2n) is 4.10. The van der Waals surface area contributed by atoms with Gasteiger partial charge in [-0.3, -0.25) is 4.79 Å². The molecule has 1 aromatic carbocycles. The molecule has 0 aliphatic rings. The summed E-state index contributed by atoms with van der Waals surface area (Å²) in [5, 5.41) is 6.02. The molecule has 0 N–H and O–H groups in total. The van der Waals surface area contributed by atoms with Crippen LogP contribution in [-0.2, 0) is 0 Å². The van der Waals surface area contributed by atoms with Gasteiger partial charge in [0.2, 0.25) is 0 Å². The van der Waals surface area contributed by atoms with E-state index < -0.39 is 0 Å². The number of thiophene rings is 1. The summed E-state index contributed by atoms with van der Waals surface area (Å²) in [6, 6.07) is 11.2. The van der Waals surface area contributed by atoms with Crippen LogP contribution in [0.3, 0.4) is 0 Å². The van der Waals surface area contributed by atoms with E-state index >= 15 is 0 Å². The number of hydrogen-bond donors (Lipinski definition) is 0. The van der Waals surface area contributed by atoms with Crippen LogP contribution in [0.1, 0.15) is 15.2 Å². The van der Waals surface area contributed by atoms with Crippen molar-refractivity contribution in [2.45, 2.75) is 0 Å². The van der Waals surface area contributed by atoms with Crippen LogP contribution >= 0.6 is 11.3 Å². The van der Waals surface area contributed by atoms with Crippen LogP contribution in [0.15, 0.2) is 60.5 Å². The number of nitrogens with zero attached hydrogens (tertiary/aromatic N) is 3. The standard InChI is InChI=1S/C15H11N3OS/c19-15(8-7-14-2-1-9-20-14)12-3-5-13(6-4-12)18-11-16-10-17-18/h1-11H/b8-7+. The van der Waals surface area contributed by atoms with Crippen molar-refractivity contribution in [1.29, 1.82) is 0 Å². The van der Waals surface area contributed by atoms with Crippen molar-refractivity contribution in [3.8, 4) is 5.69 Å². The molecule has 0 radical (unpaired) electrons. The number of aromatic nitrogens is 3. The van der Waals surface area contributed by atoms with Gasteiger partial charge in [-0.05, 0) is 47.9 Å². The third-order valence-electron chi connectivity index (χ3n) is 2.78. The molecule has 20 heavy (non-hydrogen) atoms. The zero-order valence-electron chi connectivity index (χ0n) is 10.5. The first-order valence-electron chi connectivity index (χ1n) is 6.04. The maximum atomic E-state index is 12.0. The normalized spacial score (nSPS) is 11.0. The van der Waals surface area contributed by atoms with Crippen LogP contribution in [0.2, 0.25) is 0 Å². The topological polar surface area (TPSA) is 47.8 Å². The van der Waals surface area contributed by atoms with Crippen molar-refractivity contribution in [1.82, 2.24) is 14.8 Å². The predicted molar refractivity (Wildman–Crippen MR) is 79.0 cm³/mol. The lowest BCUT2D eigenvalue weighted by atomic mass is 10.1. The van der Waals surface area contributed by atoms with E-state index in [9.17, 15) is 4.79 Å².